The molecule has 1 amide bonds. The van der Waals surface area contributed by atoms with E-state index in [1.807, 2.05) is 6.07 Å². The van der Waals surface area contributed by atoms with E-state index < -0.39 is 5.72 Å². The van der Waals surface area contributed by atoms with Crippen molar-refractivity contribution in [2.75, 3.05) is 12.0 Å². The summed E-state index contributed by atoms with van der Waals surface area (Å²) in [6, 6.07) is 7.15. The van der Waals surface area contributed by atoms with Crippen LogP contribution in [0.1, 0.15) is 23.2 Å². The van der Waals surface area contributed by atoms with Gasteiger partial charge in [0.05, 0.1) is 5.69 Å². The second-order valence-electron chi connectivity index (χ2n) is 4.06. The number of carbonyl (C=O) groups is 2. The van der Waals surface area contributed by atoms with E-state index in [0.717, 1.165) is 0 Å². The zero-order chi connectivity index (χ0) is 11.3. The largest absolute Gasteiger partial charge is 0.351 e. The quantitative estimate of drug-likeness (QED) is 0.713. The highest BCUT2D eigenvalue weighted by atomic mass is 16.5. The topological polar surface area (TPSA) is 46.6 Å². The Morgan fingerprint density at radius 3 is 2.81 bits per heavy atom. The van der Waals surface area contributed by atoms with Gasteiger partial charge in [0.15, 0.2) is 0 Å². The van der Waals surface area contributed by atoms with Crippen LogP contribution in [0.3, 0.4) is 0 Å². The highest BCUT2D eigenvalue weighted by molar-refractivity contribution is 6.21. The monoisotopic (exact) mass is 217 g/mol. The molecule has 2 heterocycles. The predicted molar refractivity (Wildman–Crippen MR) is 57.2 cm³/mol. The number of ketones is 1. The Morgan fingerprint density at radius 2 is 2.06 bits per heavy atom. The second-order valence-corrected chi connectivity index (χ2v) is 4.06. The number of amides is 1. The Bertz CT molecular complexity index is 497. The molecule has 4 nitrogen and oxygen atoms in total. The summed E-state index contributed by atoms with van der Waals surface area (Å²) < 4.78 is 5.34. The first kappa shape index (κ1) is 9.54. The third kappa shape index (κ3) is 0.881. The van der Waals surface area contributed by atoms with Crippen LogP contribution in [-0.4, -0.2) is 24.5 Å². The van der Waals surface area contributed by atoms with E-state index in [2.05, 4.69) is 0 Å². The van der Waals surface area contributed by atoms with Gasteiger partial charge in [-0.1, -0.05) is 12.1 Å². The normalized spacial score (nSPS) is 27.2. The van der Waals surface area contributed by atoms with Crippen molar-refractivity contribution in [1.82, 2.24) is 0 Å². The minimum atomic E-state index is -1.07. The average Bonchev–Trinajstić information content (AvgIpc) is 2.77. The number of hydrogen-bond donors (Lipinski definition) is 0. The van der Waals surface area contributed by atoms with Gasteiger partial charge < -0.3 is 4.74 Å². The first-order chi connectivity index (χ1) is 7.70. The minimum absolute atomic E-state index is 0.0415. The molecule has 4 heteroatoms. The Balaban J connectivity index is 2.26. The minimum Gasteiger partial charge on any atom is -0.351 e. The third-order valence-electron chi connectivity index (χ3n) is 3.37. The Kier molecular flexibility index (Phi) is 1.74. The number of para-hydroxylation sites is 1. The summed E-state index contributed by atoms with van der Waals surface area (Å²) in [6.45, 7) is 0. The summed E-state index contributed by atoms with van der Waals surface area (Å²) in [5.41, 5.74) is 0.190. The van der Waals surface area contributed by atoms with Crippen molar-refractivity contribution in [1.29, 1.82) is 0 Å². The molecular weight excluding hydrogens is 206 g/mol. The zero-order valence-corrected chi connectivity index (χ0v) is 8.90. The number of ether oxygens (including phenoxy) is 1. The lowest BCUT2D eigenvalue weighted by Crippen LogP contribution is -2.48. The highest BCUT2D eigenvalue weighted by Gasteiger charge is 2.58. The molecule has 0 saturated carbocycles. The van der Waals surface area contributed by atoms with Gasteiger partial charge in [0.2, 0.25) is 17.4 Å². The van der Waals surface area contributed by atoms with Gasteiger partial charge in [0.25, 0.3) is 0 Å². The highest BCUT2D eigenvalue weighted by Crippen LogP contribution is 2.45. The average molecular weight is 217 g/mol. The summed E-state index contributed by atoms with van der Waals surface area (Å²) in [7, 11) is 1.48. The molecule has 3 rings (SSSR count). The number of benzene rings is 1. The maximum Gasteiger partial charge on any atom is 0.229 e. The van der Waals surface area contributed by atoms with Gasteiger partial charge in [0, 0.05) is 25.5 Å². The number of anilines is 1. The maximum absolute atomic E-state index is 12.3. The fourth-order valence-electron chi connectivity index (χ4n) is 2.60. The smallest absolute Gasteiger partial charge is 0.229 e. The van der Waals surface area contributed by atoms with Crippen LogP contribution in [0.15, 0.2) is 24.3 Å². The summed E-state index contributed by atoms with van der Waals surface area (Å²) >= 11 is 0. The third-order valence-corrected chi connectivity index (χ3v) is 3.37. The van der Waals surface area contributed by atoms with E-state index in [1.54, 1.807) is 18.2 Å². The van der Waals surface area contributed by atoms with Gasteiger partial charge >= 0.3 is 0 Å². The van der Waals surface area contributed by atoms with Crippen molar-refractivity contribution in [2.45, 2.75) is 18.6 Å². The van der Waals surface area contributed by atoms with E-state index >= 15 is 0 Å². The Morgan fingerprint density at radius 1 is 1.31 bits per heavy atom. The summed E-state index contributed by atoms with van der Waals surface area (Å²) in [6.07, 6.45) is 0.809. The molecule has 0 N–H and O–H groups in total. The molecule has 82 valence electrons. The first-order valence-corrected chi connectivity index (χ1v) is 5.23. The van der Waals surface area contributed by atoms with Crippen LogP contribution >= 0.6 is 0 Å². The number of Topliss-reactive ketones (excluding diaryl/α,β-unsaturated/α-hetero) is 1. The van der Waals surface area contributed by atoms with Gasteiger partial charge in [0.1, 0.15) is 0 Å². The summed E-state index contributed by atoms with van der Waals surface area (Å²) in [4.78, 5) is 25.6. The van der Waals surface area contributed by atoms with Gasteiger partial charge in [-0.05, 0) is 12.1 Å². The van der Waals surface area contributed by atoms with Crippen LogP contribution in [0.5, 0.6) is 0 Å². The summed E-state index contributed by atoms with van der Waals surface area (Å²) in [5.74, 6) is -0.142. The van der Waals surface area contributed by atoms with Crippen LogP contribution in [0, 0.1) is 0 Å². The van der Waals surface area contributed by atoms with Crippen LogP contribution in [0.4, 0.5) is 5.69 Å². The number of nitrogens with zero attached hydrogens (tertiary/aromatic N) is 1. The molecule has 1 fully saturated rings. The van der Waals surface area contributed by atoms with Crippen molar-refractivity contribution in [3.05, 3.63) is 29.8 Å². The molecule has 0 aliphatic carbocycles. The molecule has 1 atom stereocenters. The van der Waals surface area contributed by atoms with E-state index in [0.29, 0.717) is 24.1 Å². The molecule has 0 radical (unpaired) electrons. The van der Waals surface area contributed by atoms with Crippen LogP contribution in [-0.2, 0) is 9.53 Å². The van der Waals surface area contributed by atoms with E-state index in [-0.39, 0.29) is 11.7 Å². The lowest BCUT2D eigenvalue weighted by molar-refractivity contribution is -0.118. The molecule has 16 heavy (non-hydrogen) atoms. The fourth-order valence-corrected chi connectivity index (χ4v) is 2.60. The van der Waals surface area contributed by atoms with E-state index in [9.17, 15) is 9.59 Å². The molecule has 2 aliphatic rings. The van der Waals surface area contributed by atoms with Crippen LogP contribution in [0.2, 0.25) is 0 Å². The number of rotatable bonds is 1. The molecular formula is C12H11NO3. The van der Waals surface area contributed by atoms with Gasteiger partial charge in [-0.15, -0.1) is 0 Å². The fraction of sp³-hybridized carbons (Fsp3) is 0.333. The number of carbonyl (C=O) groups excluding carboxylic acids is 2. The number of hydrogen-bond acceptors (Lipinski definition) is 3. The van der Waals surface area contributed by atoms with Gasteiger partial charge in [-0.25, -0.2) is 0 Å². The second kappa shape index (κ2) is 2.92. The van der Waals surface area contributed by atoms with Crippen molar-refractivity contribution in [3.8, 4) is 0 Å². The molecule has 0 bridgehead atoms. The Hall–Kier alpha value is -1.68. The van der Waals surface area contributed by atoms with Gasteiger partial charge in [-0.2, -0.15) is 0 Å². The van der Waals surface area contributed by atoms with Crippen LogP contribution in [0.25, 0.3) is 0 Å². The lowest BCUT2D eigenvalue weighted by Gasteiger charge is -2.28. The Labute approximate surface area is 92.8 Å². The first-order valence-electron chi connectivity index (χ1n) is 5.23. The molecule has 1 aromatic carbocycles. The molecule has 1 saturated heterocycles. The molecule has 1 aromatic rings. The molecule has 2 aliphatic heterocycles. The van der Waals surface area contributed by atoms with Crippen molar-refractivity contribution >= 4 is 17.4 Å². The van der Waals surface area contributed by atoms with Crippen molar-refractivity contribution < 1.29 is 14.3 Å². The molecule has 1 unspecified atom stereocenters. The molecule has 0 aromatic heterocycles. The van der Waals surface area contributed by atoms with Crippen molar-refractivity contribution in [2.24, 2.45) is 0 Å². The van der Waals surface area contributed by atoms with E-state index in [4.69, 9.17) is 4.74 Å². The predicted octanol–water partition coefficient (Wildman–Crippen LogP) is 1.35. The maximum atomic E-state index is 12.3. The number of methoxy groups -OCH3 is 1. The standard InChI is InChI=1S/C12H11NO3/c1-16-12-7-6-10(14)13(12)9-5-3-2-4-8(9)11(12)15/h2-5H,6-7H2,1H3. The molecule has 0 spiro atoms. The van der Waals surface area contributed by atoms with Crippen molar-refractivity contribution in [3.63, 3.8) is 0 Å². The lowest BCUT2D eigenvalue weighted by atomic mass is 10.0. The van der Waals surface area contributed by atoms with Crippen LogP contribution < -0.4 is 4.90 Å². The summed E-state index contributed by atoms with van der Waals surface area (Å²) in [5, 5.41) is 0. The number of fused-ring (bicyclic) bond motifs is 3. The zero-order valence-electron chi connectivity index (χ0n) is 8.90. The van der Waals surface area contributed by atoms with E-state index in [1.165, 1.54) is 12.0 Å². The SMILES string of the molecule is COC12CCC(=O)N1c1ccccc1C2=O. The van der Waals surface area contributed by atoms with Gasteiger partial charge in [-0.3, -0.25) is 14.5 Å².